The molecule has 0 heterocycles. The Morgan fingerprint density at radius 2 is 1.58 bits per heavy atom. The molecule has 0 aliphatic rings. The van der Waals surface area contributed by atoms with Gasteiger partial charge in [-0.2, -0.15) is 0 Å². The van der Waals surface area contributed by atoms with Crippen molar-refractivity contribution in [3.8, 4) is 0 Å². The summed E-state index contributed by atoms with van der Waals surface area (Å²) < 4.78 is 0. The molecule has 0 aliphatic carbocycles. The van der Waals surface area contributed by atoms with Gasteiger partial charge in [0.25, 0.3) is 0 Å². The average Bonchev–Trinajstić information content (AvgIpc) is 1.87. The van der Waals surface area contributed by atoms with Crippen LogP contribution in [0.15, 0.2) is 0 Å². The third-order valence-corrected chi connectivity index (χ3v) is 0.648. The molecule has 5 heteroatoms. The molecule has 0 fully saturated rings. The third kappa shape index (κ3) is 12.2. The fourth-order valence-corrected chi connectivity index (χ4v) is 0.302. The van der Waals surface area contributed by atoms with Crippen LogP contribution in [0.1, 0.15) is 13.3 Å². The molecule has 0 aromatic rings. The first-order valence-corrected chi connectivity index (χ1v) is 7.23. The Bertz CT molecular complexity index is 176. The van der Waals surface area contributed by atoms with Crippen molar-refractivity contribution in [3.05, 3.63) is 0 Å². The second-order valence-corrected chi connectivity index (χ2v) is 4.08. The Morgan fingerprint density at radius 1 is 1.25 bits per heavy atom. The molecule has 0 radical (unpaired) electrons. The number of carbonyl (C=O) groups excluding carboxylic acids is 2. The molecule has 0 aliphatic heterocycles. The Hall–Kier alpha value is -0.450. The van der Waals surface area contributed by atoms with Gasteiger partial charge in [-0.25, -0.2) is 4.79 Å². The molecule has 1 N–H and O–H groups in total. The Labute approximate surface area is 80.7 Å². The van der Waals surface area contributed by atoms with Gasteiger partial charge in [0.1, 0.15) is 5.78 Å². The van der Waals surface area contributed by atoms with Crippen LogP contribution in [0.5, 0.6) is 0 Å². The van der Waals surface area contributed by atoms with E-state index in [2.05, 4.69) is 10.3 Å². The van der Waals surface area contributed by atoms with Gasteiger partial charge < -0.3 is 5.11 Å². The Kier molecular flexibility index (Phi) is 10.2. The van der Waals surface area contributed by atoms with E-state index in [-0.39, 0.29) is 0 Å². The summed E-state index contributed by atoms with van der Waals surface area (Å²) in [5.41, 5.74) is 0. The topological polar surface area (TPSA) is 71.4 Å². The number of Topliss-reactive ketones (excluding diaryl/α,β-unsaturated/α-hetero) is 2. The fraction of sp³-hybridized carbons (Fsp3) is 0.571. The van der Waals surface area contributed by atoms with Gasteiger partial charge in [-0.1, -0.05) is 0 Å². The van der Waals surface area contributed by atoms with E-state index in [1.54, 1.807) is 0 Å². The van der Waals surface area contributed by atoms with Gasteiger partial charge in [0.2, 0.25) is 5.78 Å². The summed E-state index contributed by atoms with van der Waals surface area (Å²) in [6.07, 6.45) is -0.505. The Balaban J connectivity index is 0. The van der Waals surface area contributed by atoms with E-state index in [1.807, 2.05) is 0 Å². The standard InChI is InChI=1S/C5H6O4.2CH3.Au/c1-3(6)2-4(7)5(8)9;;;/h2H2,1H3,(H,8,9);2*1H3;. The van der Waals surface area contributed by atoms with Crippen molar-refractivity contribution in [2.75, 3.05) is 0 Å². The van der Waals surface area contributed by atoms with E-state index < -0.39 is 24.0 Å². The predicted molar refractivity (Wildman–Crippen MR) is 39.7 cm³/mol. The van der Waals surface area contributed by atoms with Gasteiger partial charge in [-0.05, 0) is 6.92 Å². The normalized spacial score (nSPS) is 8.25. The summed E-state index contributed by atoms with van der Waals surface area (Å²) in [6.45, 7) is 1.17. The molecule has 0 amide bonds. The van der Waals surface area contributed by atoms with Crippen molar-refractivity contribution in [1.82, 2.24) is 0 Å². The van der Waals surface area contributed by atoms with Crippen LogP contribution in [0.3, 0.4) is 0 Å². The molecular formula is C7H12AuO4. The van der Waals surface area contributed by atoms with Gasteiger partial charge in [0.05, 0.1) is 6.42 Å². The summed E-state index contributed by atoms with van der Waals surface area (Å²) in [5, 5.41) is 12.4. The molecule has 0 aromatic heterocycles. The second kappa shape index (κ2) is 8.65. The zero-order valence-electron chi connectivity index (χ0n) is 7.18. The zero-order valence-corrected chi connectivity index (χ0v) is 9.35. The van der Waals surface area contributed by atoms with E-state index >= 15 is 0 Å². The number of hydrogen-bond acceptors (Lipinski definition) is 3. The van der Waals surface area contributed by atoms with Crippen LogP contribution in [0, 0.1) is 0 Å². The molecule has 0 unspecified atom stereocenters. The van der Waals surface area contributed by atoms with Gasteiger partial charge in [0, 0.05) is 0 Å². The first-order valence-electron chi connectivity index (χ1n) is 2.90. The van der Waals surface area contributed by atoms with Gasteiger partial charge in [-0.3, -0.25) is 9.59 Å². The first kappa shape index (κ1) is 14.1. The number of carboxylic acids is 1. The zero-order chi connectivity index (χ0) is 10.1. The van der Waals surface area contributed by atoms with Crippen LogP contribution in [0.2, 0.25) is 10.3 Å². The molecule has 0 saturated heterocycles. The van der Waals surface area contributed by atoms with E-state index in [1.165, 1.54) is 6.92 Å². The fourth-order valence-electron chi connectivity index (χ4n) is 0.302. The quantitative estimate of drug-likeness (QED) is 0.461. The molecule has 0 bridgehead atoms. The number of carboxylic acid groups (broad SMARTS) is 1. The minimum atomic E-state index is -1.55. The minimum absolute atomic E-state index is 0.428. The van der Waals surface area contributed by atoms with Gasteiger partial charge in [-0.15, -0.1) is 0 Å². The number of aliphatic carboxylic acids is 1. The molecule has 0 spiro atoms. The SMILES string of the molecule is CC(=O)CC(=O)C(=O)O.[CH3][Au][CH3]. The number of ketones is 2. The van der Waals surface area contributed by atoms with E-state index in [0.717, 1.165) is 0 Å². The molecule has 75 valence electrons. The third-order valence-electron chi connectivity index (χ3n) is 0.648. The van der Waals surface area contributed by atoms with Gasteiger partial charge >= 0.3 is 36.0 Å². The van der Waals surface area contributed by atoms with Crippen molar-refractivity contribution in [2.24, 2.45) is 0 Å². The number of carbonyl (C=O) groups is 3. The van der Waals surface area contributed by atoms with Crippen molar-refractivity contribution in [2.45, 2.75) is 23.6 Å². The van der Waals surface area contributed by atoms with Crippen LogP contribution in [-0.2, 0) is 34.1 Å². The summed E-state index contributed by atoms with van der Waals surface area (Å²) in [5.74, 6) is -3.03. The molecule has 0 rings (SSSR count). The summed E-state index contributed by atoms with van der Waals surface area (Å²) >= 11 is 0.667. The second-order valence-electron chi connectivity index (χ2n) is 1.91. The van der Waals surface area contributed by atoms with Crippen LogP contribution in [-0.4, -0.2) is 22.6 Å². The van der Waals surface area contributed by atoms with Crippen molar-refractivity contribution >= 4 is 17.5 Å². The number of rotatable bonds is 3. The summed E-state index contributed by atoms with van der Waals surface area (Å²) in [4.78, 5) is 29.9. The van der Waals surface area contributed by atoms with Crippen molar-refractivity contribution < 1.29 is 39.2 Å². The van der Waals surface area contributed by atoms with E-state index in [4.69, 9.17) is 5.11 Å². The predicted octanol–water partition coefficient (Wildman–Crippen LogP) is 0.784. The number of hydrogen-bond donors (Lipinski definition) is 1. The maximum atomic E-state index is 10.1. The molecular weight excluding hydrogens is 345 g/mol. The monoisotopic (exact) mass is 357 g/mol. The van der Waals surface area contributed by atoms with Crippen LogP contribution < -0.4 is 0 Å². The average molecular weight is 357 g/mol. The van der Waals surface area contributed by atoms with Crippen molar-refractivity contribution in [3.63, 3.8) is 0 Å². The molecule has 4 nitrogen and oxygen atoms in total. The molecule has 0 aromatic carbocycles. The van der Waals surface area contributed by atoms with Crippen LogP contribution in [0.25, 0.3) is 0 Å². The van der Waals surface area contributed by atoms with Gasteiger partial charge in [0.15, 0.2) is 0 Å². The van der Waals surface area contributed by atoms with Crippen LogP contribution in [0.4, 0.5) is 0 Å². The molecule has 0 atom stereocenters. The van der Waals surface area contributed by atoms with E-state index in [0.29, 0.717) is 19.8 Å². The summed E-state index contributed by atoms with van der Waals surface area (Å²) in [6, 6.07) is 0. The maximum absolute atomic E-state index is 10.1. The summed E-state index contributed by atoms with van der Waals surface area (Å²) in [7, 11) is 0. The Morgan fingerprint density at radius 3 is 1.67 bits per heavy atom. The van der Waals surface area contributed by atoms with E-state index in [9.17, 15) is 14.4 Å². The van der Waals surface area contributed by atoms with Crippen molar-refractivity contribution in [1.29, 1.82) is 0 Å². The first-order chi connectivity index (χ1) is 5.45. The molecule has 12 heavy (non-hydrogen) atoms. The molecule has 0 saturated carbocycles. The van der Waals surface area contributed by atoms with Crippen LogP contribution >= 0.6 is 0 Å².